The molecule has 0 aromatic heterocycles. The number of rotatable bonds is 6. The van der Waals surface area contributed by atoms with Gasteiger partial charge in [-0.1, -0.05) is 13.0 Å². The molecule has 0 aliphatic heterocycles. The fourth-order valence-corrected chi connectivity index (χ4v) is 2.28. The molecule has 2 nitrogen and oxygen atoms in total. The van der Waals surface area contributed by atoms with Gasteiger partial charge in [-0.2, -0.15) is 0 Å². The summed E-state index contributed by atoms with van der Waals surface area (Å²) < 4.78 is 5.24. The molecule has 0 aliphatic carbocycles. The van der Waals surface area contributed by atoms with Crippen molar-refractivity contribution >= 4 is 0 Å². The molecule has 1 aromatic carbocycles. The molecule has 0 fully saturated rings. The van der Waals surface area contributed by atoms with Gasteiger partial charge in [0, 0.05) is 6.04 Å². The number of hydrogen-bond donors (Lipinski definition) is 1. The number of nitrogens with two attached hydrogens (primary N) is 1. The molecule has 96 valence electrons. The van der Waals surface area contributed by atoms with Crippen molar-refractivity contribution < 1.29 is 4.74 Å². The average Bonchev–Trinajstić information content (AvgIpc) is 2.31. The second kappa shape index (κ2) is 6.65. The minimum absolute atomic E-state index is 0.294. The predicted molar refractivity (Wildman–Crippen MR) is 73.6 cm³/mol. The zero-order chi connectivity index (χ0) is 12.8. The lowest BCUT2D eigenvalue weighted by molar-refractivity contribution is 0.414. The highest BCUT2D eigenvalue weighted by Crippen LogP contribution is 2.29. The molecule has 2 heteroatoms. The van der Waals surface area contributed by atoms with Crippen LogP contribution in [0, 0.1) is 6.92 Å². The first-order valence-corrected chi connectivity index (χ1v) is 6.48. The number of methoxy groups -OCH3 is 1. The number of hydrogen-bond acceptors (Lipinski definition) is 2. The second-order valence-electron chi connectivity index (χ2n) is 4.88. The van der Waals surface area contributed by atoms with Gasteiger partial charge in [0.25, 0.3) is 0 Å². The van der Waals surface area contributed by atoms with Gasteiger partial charge < -0.3 is 10.5 Å². The summed E-state index contributed by atoms with van der Waals surface area (Å²) in [6.45, 7) is 6.48. The highest BCUT2D eigenvalue weighted by molar-refractivity contribution is 5.36. The van der Waals surface area contributed by atoms with Gasteiger partial charge in [-0.3, -0.25) is 0 Å². The van der Waals surface area contributed by atoms with Crippen molar-refractivity contribution in [2.24, 2.45) is 5.73 Å². The molecule has 0 heterocycles. The summed E-state index contributed by atoms with van der Waals surface area (Å²) in [5.41, 5.74) is 8.60. The Morgan fingerprint density at radius 1 is 1.29 bits per heavy atom. The summed E-state index contributed by atoms with van der Waals surface area (Å²) in [4.78, 5) is 0. The molecular formula is C15H25NO. The van der Waals surface area contributed by atoms with Crippen LogP contribution in [0.1, 0.15) is 50.2 Å². The van der Waals surface area contributed by atoms with E-state index >= 15 is 0 Å². The molecule has 0 saturated heterocycles. The Morgan fingerprint density at radius 3 is 2.47 bits per heavy atom. The first-order chi connectivity index (χ1) is 8.08. The standard InChI is InChI=1S/C15H25NO/c1-5-13(7-6-12(3)16)15-9-8-14(17-4)10-11(15)2/h8-10,12-13H,5-7,16H2,1-4H3. The second-order valence-corrected chi connectivity index (χ2v) is 4.88. The van der Waals surface area contributed by atoms with Crippen molar-refractivity contribution in [1.29, 1.82) is 0 Å². The Kier molecular flexibility index (Phi) is 5.49. The number of ether oxygens (including phenoxy) is 1. The van der Waals surface area contributed by atoms with E-state index in [0.29, 0.717) is 12.0 Å². The SMILES string of the molecule is CCC(CCC(C)N)c1ccc(OC)cc1C. The summed E-state index contributed by atoms with van der Waals surface area (Å²) in [5, 5.41) is 0. The normalized spacial score (nSPS) is 14.4. The average molecular weight is 235 g/mol. The van der Waals surface area contributed by atoms with Gasteiger partial charge in [0.15, 0.2) is 0 Å². The molecule has 0 aliphatic rings. The lowest BCUT2D eigenvalue weighted by Crippen LogP contribution is -2.16. The van der Waals surface area contributed by atoms with E-state index in [-0.39, 0.29) is 0 Å². The summed E-state index contributed by atoms with van der Waals surface area (Å²) in [6.07, 6.45) is 3.42. The molecule has 1 aromatic rings. The minimum Gasteiger partial charge on any atom is -0.497 e. The summed E-state index contributed by atoms with van der Waals surface area (Å²) >= 11 is 0. The van der Waals surface area contributed by atoms with Crippen LogP contribution in [0.4, 0.5) is 0 Å². The molecule has 0 radical (unpaired) electrons. The Hall–Kier alpha value is -1.02. The van der Waals surface area contributed by atoms with Gasteiger partial charge >= 0.3 is 0 Å². The van der Waals surface area contributed by atoms with Gasteiger partial charge in [0.05, 0.1) is 7.11 Å². The first-order valence-electron chi connectivity index (χ1n) is 6.48. The van der Waals surface area contributed by atoms with Crippen molar-refractivity contribution in [2.45, 2.75) is 52.0 Å². The van der Waals surface area contributed by atoms with Crippen LogP contribution in [-0.2, 0) is 0 Å². The van der Waals surface area contributed by atoms with Gasteiger partial charge in [0.1, 0.15) is 5.75 Å². The Balaban J connectivity index is 2.80. The maximum Gasteiger partial charge on any atom is 0.119 e. The lowest BCUT2D eigenvalue weighted by Gasteiger charge is -2.19. The van der Waals surface area contributed by atoms with Crippen LogP contribution in [0.5, 0.6) is 5.75 Å². The molecule has 0 amide bonds. The van der Waals surface area contributed by atoms with Crippen molar-refractivity contribution in [3.63, 3.8) is 0 Å². The fraction of sp³-hybridized carbons (Fsp3) is 0.600. The molecule has 2 atom stereocenters. The first kappa shape index (κ1) is 14.0. The molecule has 0 bridgehead atoms. The molecule has 0 spiro atoms. The van der Waals surface area contributed by atoms with Crippen LogP contribution >= 0.6 is 0 Å². The van der Waals surface area contributed by atoms with Crippen LogP contribution in [0.15, 0.2) is 18.2 Å². The highest BCUT2D eigenvalue weighted by atomic mass is 16.5. The molecular weight excluding hydrogens is 210 g/mol. The van der Waals surface area contributed by atoms with E-state index in [2.05, 4.69) is 39.0 Å². The van der Waals surface area contributed by atoms with E-state index in [4.69, 9.17) is 10.5 Å². The van der Waals surface area contributed by atoms with Gasteiger partial charge in [-0.05, 0) is 62.3 Å². The van der Waals surface area contributed by atoms with E-state index < -0.39 is 0 Å². The smallest absolute Gasteiger partial charge is 0.119 e. The van der Waals surface area contributed by atoms with Gasteiger partial charge in [-0.25, -0.2) is 0 Å². The van der Waals surface area contributed by atoms with E-state index in [1.807, 2.05) is 0 Å². The number of aryl methyl sites for hydroxylation is 1. The van der Waals surface area contributed by atoms with Crippen molar-refractivity contribution in [3.8, 4) is 5.75 Å². The third-order valence-corrected chi connectivity index (χ3v) is 3.38. The number of benzene rings is 1. The summed E-state index contributed by atoms with van der Waals surface area (Å²) in [5.74, 6) is 1.56. The zero-order valence-electron chi connectivity index (χ0n) is 11.5. The van der Waals surface area contributed by atoms with Crippen molar-refractivity contribution in [3.05, 3.63) is 29.3 Å². The Labute approximate surface area is 105 Å². The van der Waals surface area contributed by atoms with Crippen LogP contribution in [0.25, 0.3) is 0 Å². The minimum atomic E-state index is 0.294. The van der Waals surface area contributed by atoms with Gasteiger partial charge in [-0.15, -0.1) is 0 Å². The highest BCUT2D eigenvalue weighted by Gasteiger charge is 2.13. The van der Waals surface area contributed by atoms with E-state index in [0.717, 1.165) is 12.2 Å². The lowest BCUT2D eigenvalue weighted by atomic mass is 9.88. The summed E-state index contributed by atoms with van der Waals surface area (Å²) in [6, 6.07) is 6.66. The Bertz CT molecular complexity index is 347. The zero-order valence-corrected chi connectivity index (χ0v) is 11.5. The van der Waals surface area contributed by atoms with E-state index in [9.17, 15) is 0 Å². The molecule has 0 saturated carbocycles. The Morgan fingerprint density at radius 2 is 2.00 bits per heavy atom. The van der Waals surface area contributed by atoms with Crippen LogP contribution < -0.4 is 10.5 Å². The molecule has 17 heavy (non-hydrogen) atoms. The van der Waals surface area contributed by atoms with Crippen LogP contribution in [0.3, 0.4) is 0 Å². The van der Waals surface area contributed by atoms with Gasteiger partial charge in [0.2, 0.25) is 0 Å². The van der Waals surface area contributed by atoms with Crippen molar-refractivity contribution in [1.82, 2.24) is 0 Å². The summed E-state index contributed by atoms with van der Waals surface area (Å²) in [7, 11) is 1.71. The van der Waals surface area contributed by atoms with Crippen LogP contribution in [0.2, 0.25) is 0 Å². The topological polar surface area (TPSA) is 35.2 Å². The maximum atomic E-state index is 5.84. The quantitative estimate of drug-likeness (QED) is 0.817. The van der Waals surface area contributed by atoms with Crippen LogP contribution in [-0.4, -0.2) is 13.2 Å². The maximum absolute atomic E-state index is 5.84. The monoisotopic (exact) mass is 235 g/mol. The largest absolute Gasteiger partial charge is 0.497 e. The van der Waals surface area contributed by atoms with E-state index in [1.165, 1.54) is 24.0 Å². The molecule has 1 rings (SSSR count). The van der Waals surface area contributed by atoms with Crippen molar-refractivity contribution in [2.75, 3.05) is 7.11 Å². The molecule has 2 unspecified atom stereocenters. The molecule has 2 N–H and O–H groups in total. The van der Waals surface area contributed by atoms with E-state index in [1.54, 1.807) is 7.11 Å². The third kappa shape index (κ3) is 4.04. The third-order valence-electron chi connectivity index (χ3n) is 3.38. The fourth-order valence-electron chi connectivity index (χ4n) is 2.28. The predicted octanol–water partition coefficient (Wildman–Crippen LogP) is 3.62.